The summed E-state index contributed by atoms with van der Waals surface area (Å²) >= 11 is 6.45. The Balaban J connectivity index is 1.34. The monoisotopic (exact) mass is 493 g/mol. The van der Waals surface area contributed by atoms with Crippen molar-refractivity contribution in [3.63, 3.8) is 0 Å². The highest BCUT2D eigenvalue weighted by Gasteiger charge is 2.31. The zero-order valence-electron chi connectivity index (χ0n) is 18.3. The van der Waals surface area contributed by atoms with Gasteiger partial charge in [0.1, 0.15) is 5.02 Å². The van der Waals surface area contributed by atoms with Gasteiger partial charge in [0.2, 0.25) is 0 Å². The molecule has 0 radical (unpaired) electrons. The quantitative estimate of drug-likeness (QED) is 0.538. The van der Waals surface area contributed by atoms with Crippen molar-refractivity contribution in [3.8, 4) is 0 Å². The number of aromatic nitrogens is 4. The van der Waals surface area contributed by atoms with Crippen molar-refractivity contribution < 1.29 is 17.9 Å². The predicted octanol–water partition coefficient (Wildman–Crippen LogP) is 4.42. The number of rotatable bonds is 4. The number of anilines is 1. The summed E-state index contributed by atoms with van der Waals surface area (Å²) in [5.74, 6) is 0. The van der Waals surface area contributed by atoms with Crippen molar-refractivity contribution >= 4 is 17.3 Å². The summed E-state index contributed by atoms with van der Waals surface area (Å²) in [5.41, 5.74) is 1.80. The lowest BCUT2D eigenvalue weighted by Gasteiger charge is -2.30. The van der Waals surface area contributed by atoms with Crippen LogP contribution in [0.4, 0.5) is 18.9 Å². The highest BCUT2D eigenvalue weighted by Crippen LogP contribution is 2.31. The Morgan fingerprint density at radius 1 is 1.24 bits per heavy atom. The normalized spacial score (nSPS) is 18.7. The van der Waals surface area contributed by atoms with Crippen LogP contribution in [0.15, 0.2) is 41.6 Å². The Hall–Kier alpha value is -2.85. The van der Waals surface area contributed by atoms with Gasteiger partial charge >= 0.3 is 6.18 Å². The maximum atomic E-state index is 13.0. The first-order valence-corrected chi connectivity index (χ1v) is 11.5. The molecule has 1 atom stereocenters. The minimum Gasteiger partial charge on any atom is -0.362 e. The second kappa shape index (κ2) is 9.07. The van der Waals surface area contributed by atoms with Crippen molar-refractivity contribution in [3.05, 3.63) is 74.7 Å². The lowest BCUT2D eigenvalue weighted by Crippen LogP contribution is -2.36. The van der Waals surface area contributed by atoms with E-state index in [9.17, 15) is 18.0 Å². The summed E-state index contributed by atoms with van der Waals surface area (Å²) in [4.78, 5) is 19.3. The van der Waals surface area contributed by atoms with Crippen molar-refractivity contribution in [2.24, 2.45) is 0 Å². The van der Waals surface area contributed by atoms with E-state index >= 15 is 0 Å². The number of benzene rings is 1. The van der Waals surface area contributed by atoms with Crippen LogP contribution in [0, 0.1) is 0 Å². The van der Waals surface area contributed by atoms with Gasteiger partial charge in [0.05, 0.1) is 36.0 Å². The van der Waals surface area contributed by atoms with Gasteiger partial charge in [-0.1, -0.05) is 23.7 Å². The molecule has 4 heterocycles. The summed E-state index contributed by atoms with van der Waals surface area (Å²) in [6, 6.07) is 5.32. The number of alkyl halides is 3. The van der Waals surface area contributed by atoms with Gasteiger partial charge in [-0.15, -0.1) is 0 Å². The van der Waals surface area contributed by atoms with Gasteiger partial charge in [-0.3, -0.25) is 4.79 Å². The second-order valence-electron chi connectivity index (χ2n) is 8.55. The highest BCUT2D eigenvalue weighted by atomic mass is 35.5. The molecule has 1 unspecified atom stereocenters. The zero-order chi connectivity index (χ0) is 23.9. The molecule has 5 rings (SSSR count). The smallest absolute Gasteiger partial charge is 0.362 e. The Labute approximate surface area is 198 Å². The van der Waals surface area contributed by atoms with Gasteiger partial charge in [0.25, 0.3) is 5.56 Å². The molecule has 1 saturated heterocycles. The first-order valence-electron chi connectivity index (χ1n) is 11.1. The van der Waals surface area contributed by atoms with E-state index in [1.165, 1.54) is 10.7 Å². The first-order chi connectivity index (χ1) is 16.3. The van der Waals surface area contributed by atoms with E-state index in [0.717, 1.165) is 42.8 Å². The lowest BCUT2D eigenvalue weighted by atomic mass is 10.1. The SMILES string of the molecule is O=c1c(Cl)c(N2CCc3c(ncn3Cc3cccc(C(F)(F)F)c3)C2)cnn1C1CCCCO1. The summed E-state index contributed by atoms with van der Waals surface area (Å²) in [7, 11) is 0. The molecule has 3 aromatic rings. The van der Waals surface area contributed by atoms with Crippen molar-refractivity contribution in [2.45, 2.75) is 51.2 Å². The Morgan fingerprint density at radius 2 is 2.09 bits per heavy atom. The Kier molecular flexibility index (Phi) is 6.11. The average molecular weight is 494 g/mol. The summed E-state index contributed by atoms with van der Waals surface area (Å²) in [6.07, 6.45) is 1.73. The van der Waals surface area contributed by atoms with Crippen LogP contribution >= 0.6 is 11.6 Å². The number of nitrogens with zero attached hydrogens (tertiary/aromatic N) is 5. The fourth-order valence-electron chi connectivity index (χ4n) is 4.53. The Bertz CT molecular complexity index is 1250. The number of halogens is 4. The average Bonchev–Trinajstić information content (AvgIpc) is 3.23. The molecule has 1 fully saturated rings. The highest BCUT2D eigenvalue weighted by molar-refractivity contribution is 6.33. The number of hydrogen-bond donors (Lipinski definition) is 0. The van der Waals surface area contributed by atoms with Gasteiger partial charge in [-0.25, -0.2) is 4.98 Å². The van der Waals surface area contributed by atoms with Crippen molar-refractivity contribution in [1.29, 1.82) is 0 Å². The lowest BCUT2D eigenvalue weighted by molar-refractivity contribution is -0.137. The molecular formula is C23H23ClF3N5O2. The van der Waals surface area contributed by atoms with Crippen LogP contribution < -0.4 is 10.5 Å². The number of fused-ring (bicyclic) bond motifs is 1. The first kappa shape index (κ1) is 22.9. The van der Waals surface area contributed by atoms with E-state index in [-0.39, 0.29) is 10.6 Å². The molecule has 0 N–H and O–H groups in total. The molecule has 1 aromatic carbocycles. The van der Waals surface area contributed by atoms with E-state index < -0.39 is 18.0 Å². The predicted molar refractivity (Wildman–Crippen MR) is 120 cm³/mol. The van der Waals surface area contributed by atoms with E-state index in [1.807, 2.05) is 9.47 Å². The van der Waals surface area contributed by atoms with E-state index in [1.54, 1.807) is 18.6 Å². The van der Waals surface area contributed by atoms with Gasteiger partial charge < -0.3 is 14.2 Å². The van der Waals surface area contributed by atoms with Crippen LogP contribution in [0.25, 0.3) is 0 Å². The van der Waals surface area contributed by atoms with Crippen molar-refractivity contribution in [1.82, 2.24) is 19.3 Å². The third-order valence-electron chi connectivity index (χ3n) is 6.29. The molecule has 0 aliphatic carbocycles. The number of hydrogen-bond acceptors (Lipinski definition) is 5. The van der Waals surface area contributed by atoms with Crippen LogP contribution in [0.1, 0.15) is 48.0 Å². The fourth-order valence-corrected chi connectivity index (χ4v) is 4.79. The van der Waals surface area contributed by atoms with Gasteiger partial charge in [-0.2, -0.15) is 23.0 Å². The van der Waals surface area contributed by atoms with Gasteiger partial charge in [-0.05, 0) is 37.0 Å². The van der Waals surface area contributed by atoms with E-state index in [2.05, 4.69) is 10.1 Å². The van der Waals surface area contributed by atoms with Crippen LogP contribution in [0.5, 0.6) is 0 Å². The Morgan fingerprint density at radius 3 is 2.85 bits per heavy atom. The summed E-state index contributed by atoms with van der Waals surface area (Å²) < 4.78 is 48.0. The van der Waals surface area contributed by atoms with Crippen molar-refractivity contribution in [2.75, 3.05) is 18.1 Å². The molecule has 0 saturated carbocycles. The zero-order valence-corrected chi connectivity index (χ0v) is 19.0. The molecule has 7 nitrogen and oxygen atoms in total. The minimum atomic E-state index is -4.38. The van der Waals surface area contributed by atoms with Gasteiger partial charge in [0, 0.05) is 31.8 Å². The molecule has 0 bridgehead atoms. The fraction of sp³-hybridized carbons (Fsp3) is 0.435. The standard InChI is InChI=1S/C23H23ClF3N5O2/c24-21-19(11-29-32(22(21)33)20-6-1-2-9-34-20)30-8-7-18-17(13-30)28-14-31(18)12-15-4-3-5-16(10-15)23(25,26)27/h3-5,10-11,14,20H,1-2,6-9,12-13H2. The molecular weight excluding hydrogens is 471 g/mol. The molecule has 0 amide bonds. The third kappa shape index (κ3) is 4.44. The molecule has 2 aliphatic rings. The van der Waals surface area contributed by atoms with Gasteiger partial charge in [0.15, 0.2) is 6.23 Å². The molecule has 34 heavy (non-hydrogen) atoms. The maximum Gasteiger partial charge on any atom is 0.416 e. The number of ether oxygens (including phenoxy) is 1. The molecule has 180 valence electrons. The van der Waals surface area contributed by atoms with Crippen LogP contribution in [-0.4, -0.2) is 32.5 Å². The molecule has 11 heteroatoms. The number of imidazole rings is 1. The van der Waals surface area contributed by atoms with E-state index in [0.29, 0.717) is 43.9 Å². The molecule has 0 spiro atoms. The minimum absolute atomic E-state index is 0.0935. The maximum absolute atomic E-state index is 13.0. The largest absolute Gasteiger partial charge is 0.416 e. The molecule has 2 aromatic heterocycles. The topological polar surface area (TPSA) is 65.2 Å². The van der Waals surface area contributed by atoms with E-state index in [4.69, 9.17) is 16.3 Å². The summed E-state index contributed by atoms with van der Waals surface area (Å²) in [5, 5.41) is 4.41. The third-order valence-corrected chi connectivity index (χ3v) is 6.65. The summed E-state index contributed by atoms with van der Waals surface area (Å²) in [6.45, 7) is 1.89. The second-order valence-corrected chi connectivity index (χ2v) is 8.93. The van der Waals surface area contributed by atoms with Crippen LogP contribution in [0.3, 0.4) is 0 Å². The molecule has 2 aliphatic heterocycles. The van der Waals surface area contributed by atoms with Crippen LogP contribution in [0.2, 0.25) is 5.02 Å². The van der Waals surface area contributed by atoms with Crippen LogP contribution in [-0.2, 0) is 30.4 Å².